The van der Waals surface area contributed by atoms with Crippen LogP contribution in [0.25, 0.3) is 0 Å². The van der Waals surface area contributed by atoms with Crippen molar-refractivity contribution < 1.29 is 13.2 Å². The molecule has 0 aliphatic heterocycles. The maximum atomic E-state index is 13.2. The van der Waals surface area contributed by atoms with Gasteiger partial charge in [0.1, 0.15) is 0 Å². The zero-order valence-corrected chi connectivity index (χ0v) is 18.8. The van der Waals surface area contributed by atoms with Gasteiger partial charge >= 0.3 is 0 Å². The van der Waals surface area contributed by atoms with Crippen LogP contribution in [0, 0.1) is 6.92 Å². The van der Waals surface area contributed by atoms with E-state index in [9.17, 15) is 13.2 Å². The van der Waals surface area contributed by atoms with Gasteiger partial charge in [-0.3, -0.25) is 4.79 Å². The molecule has 3 rings (SSSR count). The predicted molar refractivity (Wildman–Crippen MR) is 121 cm³/mol. The quantitative estimate of drug-likeness (QED) is 0.539. The third-order valence-electron chi connectivity index (χ3n) is 4.69. The van der Waals surface area contributed by atoms with Crippen LogP contribution >= 0.6 is 11.3 Å². The van der Waals surface area contributed by atoms with Gasteiger partial charge in [0, 0.05) is 28.4 Å². The van der Waals surface area contributed by atoms with Crippen LogP contribution in [0.4, 0.5) is 0 Å². The van der Waals surface area contributed by atoms with Crippen molar-refractivity contribution in [1.29, 1.82) is 0 Å². The van der Waals surface area contributed by atoms with Gasteiger partial charge < -0.3 is 4.90 Å². The van der Waals surface area contributed by atoms with Gasteiger partial charge in [0.25, 0.3) is 5.91 Å². The molecule has 7 heteroatoms. The van der Waals surface area contributed by atoms with Crippen molar-refractivity contribution >= 4 is 27.3 Å². The van der Waals surface area contributed by atoms with Crippen LogP contribution in [0.2, 0.25) is 0 Å². The van der Waals surface area contributed by atoms with Gasteiger partial charge in [0.15, 0.2) is 0 Å². The molecule has 3 aromatic rings. The normalized spacial score (nSPS) is 11.4. The summed E-state index contributed by atoms with van der Waals surface area (Å²) in [6.07, 6.45) is 0.754. The second kappa shape index (κ2) is 10.0. The van der Waals surface area contributed by atoms with Crippen LogP contribution in [-0.4, -0.2) is 32.3 Å². The van der Waals surface area contributed by atoms with Gasteiger partial charge in [-0.05, 0) is 55.3 Å². The van der Waals surface area contributed by atoms with Crippen molar-refractivity contribution in [1.82, 2.24) is 9.62 Å². The molecule has 2 aromatic carbocycles. The molecule has 0 atom stereocenters. The molecule has 1 heterocycles. The van der Waals surface area contributed by atoms with E-state index in [1.54, 1.807) is 30.4 Å². The Balaban J connectivity index is 1.79. The topological polar surface area (TPSA) is 66.5 Å². The van der Waals surface area contributed by atoms with Gasteiger partial charge in [-0.15, -0.1) is 11.3 Å². The fraction of sp³-hybridized carbons (Fsp3) is 0.261. The van der Waals surface area contributed by atoms with Gasteiger partial charge in [0.05, 0.1) is 11.4 Å². The Hall–Kier alpha value is -2.48. The molecule has 158 valence electrons. The largest absolute Gasteiger partial charge is 0.333 e. The van der Waals surface area contributed by atoms with Crippen LogP contribution < -0.4 is 4.72 Å². The SMILES string of the molecule is CCNS(=O)(=O)c1ccc(C(=O)N(CCc2ccccc2)Cc2ccc(C)s2)cc1. The number of hydrogen-bond acceptors (Lipinski definition) is 4. The average Bonchev–Trinajstić information content (AvgIpc) is 3.16. The fourth-order valence-electron chi connectivity index (χ4n) is 3.15. The molecule has 0 saturated heterocycles. The molecular formula is C23H26N2O3S2. The Morgan fingerprint density at radius 3 is 2.30 bits per heavy atom. The molecule has 0 radical (unpaired) electrons. The summed E-state index contributed by atoms with van der Waals surface area (Å²) in [5.74, 6) is -0.107. The lowest BCUT2D eigenvalue weighted by Crippen LogP contribution is -2.32. The van der Waals surface area contributed by atoms with Gasteiger partial charge in [-0.25, -0.2) is 13.1 Å². The van der Waals surface area contributed by atoms with Crippen molar-refractivity contribution in [3.8, 4) is 0 Å². The molecule has 0 spiro atoms. The van der Waals surface area contributed by atoms with Crippen LogP contribution in [0.1, 0.15) is 32.6 Å². The summed E-state index contributed by atoms with van der Waals surface area (Å²) in [7, 11) is -3.54. The summed E-state index contributed by atoms with van der Waals surface area (Å²) in [6, 6.07) is 20.3. The minimum atomic E-state index is -3.54. The number of nitrogens with zero attached hydrogens (tertiary/aromatic N) is 1. The minimum Gasteiger partial charge on any atom is -0.333 e. The van der Waals surface area contributed by atoms with Crippen molar-refractivity contribution in [2.45, 2.75) is 31.7 Å². The van der Waals surface area contributed by atoms with Crippen LogP contribution in [0.5, 0.6) is 0 Å². The highest BCUT2D eigenvalue weighted by Crippen LogP contribution is 2.20. The minimum absolute atomic E-state index is 0.107. The molecule has 0 aliphatic rings. The summed E-state index contributed by atoms with van der Waals surface area (Å²) >= 11 is 1.68. The summed E-state index contributed by atoms with van der Waals surface area (Å²) in [6.45, 7) is 5.20. The molecule has 5 nitrogen and oxygen atoms in total. The first-order valence-corrected chi connectivity index (χ1v) is 12.2. The summed E-state index contributed by atoms with van der Waals surface area (Å²) in [4.78, 5) is 17.5. The lowest BCUT2D eigenvalue weighted by atomic mass is 10.1. The number of sulfonamides is 1. The highest BCUT2D eigenvalue weighted by Gasteiger charge is 2.19. The van der Waals surface area contributed by atoms with E-state index in [-0.39, 0.29) is 10.8 Å². The van der Waals surface area contributed by atoms with Crippen molar-refractivity contribution in [2.24, 2.45) is 0 Å². The average molecular weight is 443 g/mol. The third kappa shape index (κ3) is 5.78. The first kappa shape index (κ1) is 22.2. The number of aryl methyl sites for hydroxylation is 1. The highest BCUT2D eigenvalue weighted by atomic mass is 32.2. The Bertz CT molecular complexity index is 1080. The van der Waals surface area contributed by atoms with E-state index < -0.39 is 10.0 Å². The summed E-state index contributed by atoms with van der Waals surface area (Å²) in [5.41, 5.74) is 1.65. The lowest BCUT2D eigenvalue weighted by molar-refractivity contribution is 0.0746. The summed E-state index contributed by atoms with van der Waals surface area (Å²) < 4.78 is 26.8. The number of carbonyl (C=O) groups is 1. The maximum Gasteiger partial charge on any atom is 0.254 e. The van der Waals surface area contributed by atoms with E-state index in [4.69, 9.17) is 0 Å². The molecule has 0 unspecified atom stereocenters. The molecule has 0 bridgehead atoms. The zero-order chi connectivity index (χ0) is 21.6. The van der Waals surface area contributed by atoms with E-state index in [2.05, 4.69) is 29.0 Å². The van der Waals surface area contributed by atoms with Crippen molar-refractivity contribution in [3.05, 3.63) is 87.6 Å². The number of nitrogens with one attached hydrogen (secondary N) is 1. The van der Waals surface area contributed by atoms with E-state index >= 15 is 0 Å². The fourth-order valence-corrected chi connectivity index (χ4v) is 5.10. The second-order valence-corrected chi connectivity index (χ2v) is 10.1. The third-order valence-corrected chi connectivity index (χ3v) is 7.24. The maximum absolute atomic E-state index is 13.2. The Morgan fingerprint density at radius 1 is 1.00 bits per heavy atom. The highest BCUT2D eigenvalue weighted by molar-refractivity contribution is 7.89. The molecular weight excluding hydrogens is 416 g/mol. The van der Waals surface area contributed by atoms with Gasteiger partial charge in [-0.2, -0.15) is 0 Å². The monoisotopic (exact) mass is 442 g/mol. The standard InChI is InChI=1S/C23H26N2O3S2/c1-3-24-30(27,28)22-13-10-20(11-14-22)23(26)25(17-21-12-9-18(2)29-21)16-15-19-7-5-4-6-8-19/h4-14,24H,3,15-17H2,1-2H3. The van der Waals surface area contributed by atoms with Crippen LogP contribution in [0.3, 0.4) is 0 Å². The molecule has 1 N–H and O–H groups in total. The Labute approximate surface area is 182 Å². The lowest BCUT2D eigenvalue weighted by Gasteiger charge is -2.22. The van der Waals surface area contributed by atoms with E-state index in [1.165, 1.54) is 22.6 Å². The number of rotatable bonds is 9. The van der Waals surface area contributed by atoms with Crippen molar-refractivity contribution in [2.75, 3.05) is 13.1 Å². The number of benzene rings is 2. The van der Waals surface area contributed by atoms with Crippen LogP contribution in [-0.2, 0) is 23.0 Å². The number of amides is 1. The number of hydrogen-bond donors (Lipinski definition) is 1. The molecule has 30 heavy (non-hydrogen) atoms. The second-order valence-electron chi connectivity index (χ2n) is 7.00. The molecule has 0 aliphatic carbocycles. The van der Waals surface area contributed by atoms with Crippen LogP contribution in [0.15, 0.2) is 71.6 Å². The number of carbonyl (C=O) groups excluding carboxylic acids is 1. The molecule has 0 saturated carbocycles. The first-order valence-electron chi connectivity index (χ1n) is 9.87. The van der Waals surface area contributed by atoms with E-state index in [0.29, 0.717) is 25.2 Å². The molecule has 1 aromatic heterocycles. The summed E-state index contributed by atoms with van der Waals surface area (Å²) in [5, 5.41) is 0. The first-order chi connectivity index (χ1) is 14.4. The van der Waals surface area contributed by atoms with E-state index in [1.807, 2.05) is 30.0 Å². The predicted octanol–water partition coefficient (Wildman–Crippen LogP) is 4.24. The van der Waals surface area contributed by atoms with E-state index in [0.717, 1.165) is 11.3 Å². The molecule has 1 amide bonds. The zero-order valence-electron chi connectivity index (χ0n) is 17.2. The van der Waals surface area contributed by atoms with Gasteiger partial charge in [-0.1, -0.05) is 37.3 Å². The number of thiophene rings is 1. The Kier molecular flexibility index (Phi) is 7.42. The smallest absolute Gasteiger partial charge is 0.254 e. The van der Waals surface area contributed by atoms with Crippen molar-refractivity contribution in [3.63, 3.8) is 0 Å². The van der Waals surface area contributed by atoms with Gasteiger partial charge in [0.2, 0.25) is 10.0 Å². The Morgan fingerprint density at radius 2 is 1.70 bits per heavy atom. The molecule has 0 fully saturated rings.